The van der Waals surface area contributed by atoms with Crippen LogP contribution in [0.4, 0.5) is 0 Å². The average molecular weight is 191 g/mol. The summed E-state index contributed by atoms with van der Waals surface area (Å²) in [5.74, 6) is 0.714. The Kier molecular flexibility index (Phi) is 3.12. The van der Waals surface area contributed by atoms with Crippen LogP contribution < -0.4 is 5.73 Å². The molecule has 1 saturated carbocycles. The SMILES string of the molecule is CCS(=O)(=O)[C@@H]1CC[C@H](CN)C1. The molecule has 0 radical (unpaired) electrons. The predicted molar refractivity (Wildman–Crippen MR) is 49.6 cm³/mol. The van der Waals surface area contributed by atoms with E-state index in [0.717, 1.165) is 19.3 Å². The summed E-state index contributed by atoms with van der Waals surface area (Å²) in [6, 6.07) is 0. The molecule has 1 rings (SSSR count). The van der Waals surface area contributed by atoms with Gasteiger partial charge in [0, 0.05) is 5.75 Å². The summed E-state index contributed by atoms with van der Waals surface area (Å²) >= 11 is 0. The van der Waals surface area contributed by atoms with E-state index in [1.165, 1.54) is 0 Å². The lowest BCUT2D eigenvalue weighted by atomic mass is 10.1. The smallest absolute Gasteiger partial charge is 0.152 e. The van der Waals surface area contributed by atoms with Crippen LogP contribution in [0.2, 0.25) is 0 Å². The van der Waals surface area contributed by atoms with Crippen molar-refractivity contribution in [3.05, 3.63) is 0 Å². The zero-order chi connectivity index (χ0) is 9.19. The Hall–Kier alpha value is -0.0900. The summed E-state index contributed by atoms with van der Waals surface area (Å²) < 4.78 is 22.8. The summed E-state index contributed by atoms with van der Waals surface area (Å²) in [5, 5.41) is -0.101. The van der Waals surface area contributed by atoms with E-state index >= 15 is 0 Å². The number of rotatable bonds is 3. The van der Waals surface area contributed by atoms with Crippen molar-refractivity contribution in [3.8, 4) is 0 Å². The zero-order valence-electron chi connectivity index (χ0n) is 7.49. The molecular weight excluding hydrogens is 174 g/mol. The molecule has 2 atom stereocenters. The van der Waals surface area contributed by atoms with E-state index in [0.29, 0.717) is 12.5 Å². The molecule has 0 aliphatic heterocycles. The van der Waals surface area contributed by atoms with Crippen LogP contribution in [0.25, 0.3) is 0 Å². The second-order valence-corrected chi connectivity index (χ2v) is 6.06. The Morgan fingerprint density at radius 1 is 1.42 bits per heavy atom. The van der Waals surface area contributed by atoms with Crippen molar-refractivity contribution in [2.75, 3.05) is 12.3 Å². The van der Waals surface area contributed by atoms with Gasteiger partial charge in [-0.2, -0.15) is 0 Å². The van der Waals surface area contributed by atoms with E-state index in [4.69, 9.17) is 5.73 Å². The van der Waals surface area contributed by atoms with E-state index in [9.17, 15) is 8.42 Å². The molecule has 1 aliphatic rings. The monoisotopic (exact) mass is 191 g/mol. The van der Waals surface area contributed by atoms with Crippen molar-refractivity contribution in [2.24, 2.45) is 11.7 Å². The largest absolute Gasteiger partial charge is 0.330 e. The van der Waals surface area contributed by atoms with Gasteiger partial charge in [0.15, 0.2) is 9.84 Å². The van der Waals surface area contributed by atoms with E-state index in [2.05, 4.69) is 0 Å². The van der Waals surface area contributed by atoms with Gasteiger partial charge in [0.25, 0.3) is 0 Å². The van der Waals surface area contributed by atoms with Crippen LogP contribution in [-0.2, 0) is 9.84 Å². The van der Waals surface area contributed by atoms with Gasteiger partial charge >= 0.3 is 0 Å². The van der Waals surface area contributed by atoms with E-state index < -0.39 is 9.84 Å². The van der Waals surface area contributed by atoms with Crippen LogP contribution in [0, 0.1) is 5.92 Å². The summed E-state index contributed by atoms with van der Waals surface area (Å²) in [6.07, 6.45) is 2.59. The normalized spacial score (nSPS) is 30.8. The van der Waals surface area contributed by atoms with Crippen LogP contribution in [0.1, 0.15) is 26.2 Å². The number of hydrogen-bond donors (Lipinski definition) is 1. The molecule has 0 bridgehead atoms. The molecule has 0 aromatic heterocycles. The molecule has 4 heteroatoms. The van der Waals surface area contributed by atoms with Crippen molar-refractivity contribution < 1.29 is 8.42 Å². The molecule has 0 unspecified atom stereocenters. The van der Waals surface area contributed by atoms with Gasteiger partial charge in [0.1, 0.15) is 0 Å². The fraction of sp³-hybridized carbons (Fsp3) is 1.00. The Labute approximate surface area is 74.3 Å². The first kappa shape index (κ1) is 9.99. The molecule has 12 heavy (non-hydrogen) atoms. The summed E-state index contributed by atoms with van der Waals surface area (Å²) in [4.78, 5) is 0. The lowest BCUT2D eigenvalue weighted by Gasteiger charge is -2.09. The molecule has 0 saturated heterocycles. The highest BCUT2D eigenvalue weighted by Gasteiger charge is 2.32. The van der Waals surface area contributed by atoms with Gasteiger partial charge in [-0.1, -0.05) is 6.92 Å². The van der Waals surface area contributed by atoms with Crippen molar-refractivity contribution in [1.82, 2.24) is 0 Å². The molecule has 0 heterocycles. The fourth-order valence-corrected chi connectivity index (χ4v) is 3.34. The average Bonchev–Trinajstić information content (AvgIpc) is 2.52. The van der Waals surface area contributed by atoms with Crippen LogP contribution in [0.5, 0.6) is 0 Å². The van der Waals surface area contributed by atoms with Crippen LogP contribution in [0.15, 0.2) is 0 Å². The van der Waals surface area contributed by atoms with Crippen molar-refractivity contribution in [1.29, 1.82) is 0 Å². The molecule has 0 amide bonds. The molecule has 0 spiro atoms. The first-order valence-corrected chi connectivity index (χ1v) is 6.23. The van der Waals surface area contributed by atoms with Gasteiger partial charge in [-0.3, -0.25) is 0 Å². The minimum atomic E-state index is -2.80. The third kappa shape index (κ3) is 1.98. The molecule has 3 nitrogen and oxygen atoms in total. The molecule has 72 valence electrons. The highest BCUT2D eigenvalue weighted by Crippen LogP contribution is 2.29. The maximum atomic E-state index is 11.4. The molecule has 0 aromatic rings. The molecule has 1 aliphatic carbocycles. The highest BCUT2D eigenvalue weighted by atomic mass is 32.2. The topological polar surface area (TPSA) is 60.2 Å². The first-order chi connectivity index (χ1) is 5.60. The van der Waals surface area contributed by atoms with Gasteiger partial charge in [0.2, 0.25) is 0 Å². The van der Waals surface area contributed by atoms with Gasteiger partial charge < -0.3 is 5.73 Å². The summed E-state index contributed by atoms with van der Waals surface area (Å²) in [6.45, 7) is 2.35. The number of nitrogens with two attached hydrogens (primary N) is 1. The van der Waals surface area contributed by atoms with E-state index in [-0.39, 0.29) is 11.0 Å². The highest BCUT2D eigenvalue weighted by molar-refractivity contribution is 7.92. The Balaban J connectivity index is 2.58. The maximum absolute atomic E-state index is 11.4. The zero-order valence-corrected chi connectivity index (χ0v) is 8.31. The fourth-order valence-electron chi connectivity index (χ4n) is 1.81. The minimum Gasteiger partial charge on any atom is -0.330 e. The quantitative estimate of drug-likeness (QED) is 0.708. The van der Waals surface area contributed by atoms with E-state index in [1.807, 2.05) is 0 Å². The minimum absolute atomic E-state index is 0.101. The molecule has 1 fully saturated rings. The molecule has 0 aromatic carbocycles. The lowest BCUT2D eigenvalue weighted by molar-refractivity contribution is 0.552. The van der Waals surface area contributed by atoms with Crippen molar-refractivity contribution in [2.45, 2.75) is 31.4 Å². The number of hydrogen-bond acceptors (Lipinski definition) is 3. The van der Waals surface area contributed by atoms with Crippen LogP contribution in [-0.4, -0.2) is 26.0 Å². The Morgan fingerprint density at radius 2 is 2.08 bits per heavy atom. The predicted octanol–water partition coefficient (Wildman–Crippen LogP) is 0.549. The van der Waals surface area contributed by atoms with Crippen LogP contribution in [0.3, 0.4) is 0 Å². The summed E-state index contributed by atoms with van der Waals surface area (Å²) in [7, 11) is -2.80. The maximum Gasteiger partial charge on any atom is 0.152 e. The lowest BCUT2D eigenvalue weighted by Crippen LogP contribution is -2.21. The Morgan fingerprint density at radius 3 is 2.50 bits per heavy atom. The third-order valence-electron chi connectivity index (χ3n) is 2.74. The van der Waals surface area contributed by atoms with Crippen molar-refractivity contribution in [3.63, 3.8) is 0 Å². The van der Waals surface area contributed by atoms with Gasteiger partial charge in [-0.05, 0) is 31.7 Å². The summed E-state index contributed by atoms with van der Waals surface area (Å²) in [5.41, 5.74) is 5.49. The number of sulfone groups is 1. The standard InChI is InChI=1S/C8H17NO2S/c1-2-12(10,11)8-4-3-7(5-8)6-9/h7-8H,2-6,9H2,1H3/t7-,8+/m0/s1. The molecule has 2 N–H and O–H groups in total. The molecular formula is C8H17NO2S. The van der Waals surface area contributed by atoms with Crippen LogP contribution >= 0.6 is 0 Å². The van der Waals surface area contributed by atoms with Gasteiger partial charge in [-0.15, -0.1) is 0 Å². The van der Waals surface area contributed by atoms with E-state index in [1.54, 1.807) is 6.92 Å². The van der Waals surface area contributed by atoms with Gasteiger partial charge in [-0.25, -0.2) is 8.42 Å². The van der Waals surface area contributed by atoms with Gasteiger partial charge in [0.05, 0.1) is 5.25 Å². The second-order valence-electron chi connectivity index (χ2n) is 3.49. The first-order valence-electron chi connectivity index (χ1n) is 4.51. The van der Waals surface area contributed by atoms with Crippen molar-refractivity contribution >= 4 is 9.84 Å². The second kappa shape index (κ2) is 3.75. The Bertz CT molecular complexity index is 235. The third-order valence-corrected chi connectivity index (χ3v) is 4.99.